The van der Waals surface area contributed by atoms with Crippen molar-refractivity contribution in [3.63, 3.8) is 0 Å². The van der Waals surface area contributed by atoms with Gasteiger partial charge in [0.15, 0.2) is 5.96 Å². The van der Waals surface area contributed by atoms with E-state index in [1.54, 1.807) is 31.3 Å². The maximum Gasteiger partial charge on any atom is 0.238 e. The lowest BCUT2D eigenvalue weighted by Crippen LogP contribution is -2.38. The molecule has 0 spiro atoms. The number of hydrogen-bond acceptors (Lipinski definition) is 3. The van der Waals surface area contributed by atoms with Crippen LogP contribution >= 0.6 is 0 Å². The maximum absolute atomic E-state index is 13.0. The van der Waals surface area contributed by atoms with Crippen LogP contribution in [0.2, 0.25) is 0 Å². The zero-order valence-electron chi connectivity index (χ0n) is 14.1. The van der Waals surface area contributed by atoms with Gasteiger partial charge in [0.05, 0.1) is 4.90 Å². The molecule has 134 valence electrons. The second-order valence-electron chi connectivity index (χ2n) is 5.58. The van der Waals surface area contributed by atoms with Crippen molar-refractivity contribution in [2.75, 3.05) is 14.1 Å². The minimum Gasteiger partial charge on any atom is -0.352 e. The van der Waals surface area contributed by atoms with Crippen LogP contribution < -0.4 is 10.5 Å². The molecule has 25 heavy (non-hydrogen) atoms. The summed E-state index contributed by atoms with van der Waals surface area (Å²) in [7, 11) is -0.211. The molecule has 2 aromatic rings. The first-order valence-electron chi connectivity index (χ1n) is 7.57. The van der Waals surface area contributed by atoms with Crippen molar-refractivity contribution in [3.8, 4) is 0 Å². The van der Waals surface area contributed by atoms with Crippen LogP contribution in [0.3, 0.4) is 0 Å². The van der Waals surface area contributed by atoms with E-state index in [1.807, 2.05) is 11.9 Å². The van der Waals surface area contributed by atoms with E-state index in [-0.39, 0.29) is 10.7 Å². The Hall–Kier alpha value is -2.45. The standard InChI is InChI=1S/C17H21FN4O2S/c1-20-17(22(2)12-13-6-8-15(18)9-7-13)21-11-14-4-3-5-16(10-14)25(19,23)24/h3-10H,11-12H2,1-2H3,(H,20,21)(H2,19,23,24). The smallest absolute Gasteiger partial charge is 0.238 e. The number of hydrogen-bond donors (Lipinski definition) is 2. The molecule has 8 heteroatoms. The van der Waals surface area contributed by atoms with Crippen molar-refractivity contribution >= 4 is 16.0 Å². The number of primary sulfonamides is 1. The van der Waals surface area contributed by atoms with E-state index in [2.05, 4.69) is 10.3 Å². The number of benzene rings is 2. The largest absolute Gasteiger partial charge is 0.352 e. The summed E-state index contributed by atoms with van der Waals surface area (Å²) in [6, 6.07) is 12.7. The van der Waals surface area contributed by atoms with Gasteiger partial charge >= 0.3 is 0 Å². The number of sulfonamides is 1. The van der Waals surface area contributed by atoms with Gasteiger partial charge in [0.2, 0.25) is 10.0 Å². The third-order valence-corrected chi connectivity index (χ3v) is 4.49. The molecule has 0 aliphatic rings. The van der Waals surface area contributed by atoms with Gasteiger partial charge in [-0.05, 0) is 35.4 Å². The summed E-state index contributed by atoms with van der Waals surface area (Å²) in [4.78, 5) is 6.16. The number of nitrogens with zero attached hydrogens (tertiary/aromatic N) is 2. The Labute approximate surface area is 147 Å². The van der Waals surface area contributed by atoms with Gasteiger partial charge in [-0.25, -0.2) is 17.9 Å². The summed E-state index contributed by atoms with van der Waals surface area (Å²) in [5, 5.41) is 8.31. The fourth-order valence-electron chi connectivity index (χ4n) is 2.34. The molecule has 0 saturated carbocycles. The summed E-state index contributed by atoms with van der Waals surface area (Å²) in [6.07, 6.45) is 0. The third kappa shape index (κ3) is 5.54. The van der Waals surface area contributed by atoms with Crippen LogP contribution in [0.15, 0.2) is 58.4 Å². The highest BCUT2D eigenvalue weighted by Crippen LogP contribution is 2.10. The quantitative estimate of drug-likeness (QED) is 0.624. The fourth-order valence-corrected chi connectivity index (χ4v) is 2.92. The number of halogens is 1. The molecule has 0 fully saturated rings. The predicted molar refractivity (Wildman–Crippen MR) is 95.9 cm³/mol. The van der Waals surface area contributed by atoms with E-state index in [0.717, 1.165) is 11.1 Å². The Kier molecular flexibility index (Phi) is 6.11. The fraction of sp³-hybridized carbons (Fsp3) is 0.235. The van der Waals surface area contributed by atoms with Gasteiger partial charge in [0.25, 0.3) is 0 Å². The highest BCUT2D eigenvalue weighted by molar-refractivity contribution is 7.89. The van der Waals surface area contributed by atoms with Crippen LogP contribution in [0, 0.1) is 5.82 Å². The molecule has 0 bridgehead atoms. The Bertz CT molecular complexity index is 851. The molecular formula is C17H21FN4O2S. The van der Waals surface area contributed by atoms with Crippen LogP contribution in [-0.4, -0.2) is 33.4 Å². The summed E-state index contributed by atoms with van der Waals surface area (Å²) < 4.78 is 35.8. The summed E-state index contributed by atoms with van der Waals surface area (Å²) in [5.74, 6) is 0.356. The number of aliphatic imine (C=N–C) groups is 1. The van der Waals surface area contributed by atoms with Crippen molar-refractivity contribution in [2.45, 2.75) is 18.0 Å². The zero-order chi connectivity index (χ0) is 18.4. The lowest BCUT2D eigenvalue weighted by molar-refractivity contribution is 0.476. The van der Waals surface area contributed by atoms with Gasteiger partial charge in [0.1, 0.15) is 5.82 Å². The molecule has 0 aliphatic carbocycles. The van der Waals surface area contributed by atoms with Crippen molar-refractivity contribution in [1.29, 1.82) is 0 Å². The molecular weight excluding hydrogens is 343 g/mol. The molecule has 0 aliphatic heterocycles. The lowest BCUT2D eigenvalue weighted by Gasteiger charge is -2.22. The molecule has 0 radical (unpaired) electrons. The van der Waals surface area contributed by atoms with Gasteiger partial charge in [-0.1, -0.05) is 24.3 Å². The molecule has 0 saturated heterocycles. The summed E-state index contributed by atoms with van der Waals surface area (Å²) in [5.41, 5.74) is 1.71. The average molecular weight is 364 g/mol. The molecule has 2 aromatic carbocycles. The van der Waals surface area contributed by atoms with Crippen LogP contribution in [0.5, 0.6) is 0 Å². The molecule has 0 aromatic heterocycles. The predicted octanol–water partition coefficient (Wildman–Crippen LogP) is 1.68. The minimum atomic E-state index is -3.73. The van der Waals surface area contributed by atoms with Crippen LogP contribution in [0.1, 0.15) is 11.1 Å². The monoisotopic (exact) mass is 364 g/mol. The van der Waals surface area contributed by atoms with Crippen molar-refractivity contribution in [1.82, 2.24) is 10.2 Å². The van der Waals surface area contributed by atoms with Gasteiger partial charge in [-0.15, -0.1) is 0 Å². The normalized spacial score (nSPS) is 12.1. The van der Waals surface area contributed by atoms with Crippen molar-refractivity contribution in [3.05, 3.63) is 65.5 Å². The molecule has 0 unspecified atom stereocenters. The maximum atomic E-state index is 13.0. The van der Waals surface area contributed by atoms with E-state index < -0.39 is 10.0 Å². The van der Waals surface area contributed by atoms with Gasteiger partial charge in [-0.2, -0.15) is 0 Å². The SMILES string of the molecule is CN=C(NCc1cccc(S(N)(=O)=O)c1)N(C)Cc1ccc(F)cc1. The first kappa shape index (κ1) is 18.9. The Morgan fingerprint density at radius 2 is 1.88 bits per heavy atom. The van der Waals surface area contributed by atoms with E-state index in [9.17, 15) is 12.8 Å². The van der Waals surface area contributed by atoms with Gasteiger partial charge in [0, 0.05) is 27.2 Å². The molecule has 2 rings (SSSR count). The Balaban J connectivity index is 2.01. The van der Waals surface area contributed by atoms with E-state index in [4.69, 9.17) is 5.14 Å². The van der Waals surface area contributed by atoms with Crippen LogP contribution in [-0.2, 0) is 23.1 Å². The first-order chi connectivity index (χ1) is 11.8. The van der Waals surface area contributed by atoms with E-state index >= 15 is 0 Å². The summed E-state index contributed by atoms with van der Waals surface area (Å²) >= 11 is 0. The van der Waals surface area contributed by atoms with E-state index in [0.29, 0.717) is 19.0 Å². The number of nitrogens with one attached hydrogen (secondary N) is 1. The van der Waals surface area contributed by atoms with Gasteiger partial charge in [-0.3, -0.25) is 4.99 Å². The van der Waals surface area contributed by atoms with Crippen LogP contribution in [0.4, 0.5) is 4.39 Å². The van der Waals surface area contributed by atoms with Crippen LogP contribution in [0.25, 0.3) is 0 Å². The number of guanidine groups is 1. The summed E-state index contributed by atoms with van der Waals surface area (Å²) in [6.45, 7) is 0.945. The minimum absolute atomic E-state index is 0.0708. The number of nitrogens with two attached hydrogens (primary N) is 1. The highest BCUT2D eigenvalue weighted by Gasteiger charge is 2.10. The second kappa shape index (κ2) is 8.09. The third-order valence-electron chi connectivity index (χ3n) is 3.58. The van der Waals surface area contributed by atoms with Crippen molar-refractivity contribution in [2.24, 2.45) is 10.1 Å². The lowest BCUT2D eigenvalue weighted by atomic mass is 10.2. The second-order valence-corrected chi connectivity index (χ2v) is 7.14. The molecule has 0 heterocycles. The molecule has 0 atom stereocenters. The molecule has 0 amide bonds. The van der Waals surface area contributed by atoms with Crippen molar-refractivity contribution < 1.29 is 12.8 Å². The Morgan fingerprint density at radius 3 is 2.48 bits per heavy atom. The van der Waals surface area contributed by atoms with Gasteiger partial charge < -0.3 is 10.2 Å². The number of rotatable bonds is 5. The topological polar surface area (TPSA) is 87.8 Å². The molecule has 3 N–H and O–H groups in total. The highest BCUT2D eigenvalue weighted by atomic mass is 32.2. The average Bonchev–Trinajstić information content (AvgIpc) is 2.57. The Morgan fingerprint density at radius 1 is 1.20 bits per heavy atom. The first-order valence-corrected chi connectivity index (χ1v) is 9.12. The molecule has 6 nitrogen and oxygen atoms in total. The van der Waals surface area contributed by atoms with E-state index in [1.165, 1.54) is 24.3 Å². The zero-order valence-corrected chi connectivity index (χ0v) is 14.9.